The third kappa shape index (κ3) is 3.11. The van der Waals surface area contributed by atoms with Gasteiger partial charge in [0.05, 0.1) is 16.8 Å². The van der Waals surface area contributed by atoms with Gasteiger partial charge in [0, 0.05) is 11.1 Å². The van der Waals surface area contributed by atoms with Gasteiger partial charge >= 0.3 is 6.09 Å². The maximum Gasteiger partial charge on any atom is 0.412 e. The molecule has 1 aliphatic rings. The molecule has 0 radical (unpaired) electrons. The lowest BCUT2D eigenvalue weighted by Gasteiger charge is -2.20. The first-order chi connectivity index (χ1) is 9.19. The zero-order valence-corrected chi connectivity index (χ0v) is 12.9. The fraction of sp³-hybridized carbons (Fsp3) is 0.462. The second-order valence-corrected chi connectivity index (χ2v) is 6.20. The van der Waals surface area contributed by atoms with Crippen molar-refractivity contribution >= 4 is 27.7 Å². The third-order valence-electron chi connectivity index (χ3n) is 2.63. The van der Waals surface area contributed by atoms with Gasteiger partial charge in [-0.3, -0.25) is 5.32 Å². The summed E-state index contributed by atoms with van der Waals surface area (Å²) in [6.07, 6.45) is -1.89. The smallest absolute Gasteiger partial charge is 0.412 e. The number of hydrogen-bond acceptors (Lipinski definition) is 4. The lowest BCUT2D eigenvalue weighted by molar-refractivity contribution is -0.0918. The summed E-state index contributed by atoms with van der Waals surface area (Å²) in [4.78, 5) is 11.7. The summed E-state index contributed by atoms with van der Waals surface area (Å²) < 4.78 is 24.4. The zero-order chi connectivity index (χ0) is 15.1. The van der Waals surface area contributed by atoms with Crippen molar-refractivity contribution in [3.63, 3.8) is 0 Å². The molecule has 1 aliphatic heterocycles. The van der Waals surface area contributed by atoms with Gasteiger partial charge in [0.1, 0.15) is 5.60 Å². The number of aliphatic hydroxyl groups excluding tert-OH is 1. The molecule has 1 amide bonds. The van der Waals surface area contributed by atoms with E-state index in [1.54, 1.807) is 20.8 Å². The van der Waals surface area contributed by atoms with Crippen molar-refractivity contribution in [2.24, 2.45) is 0 Å². The molecule has 0 aromatic heterocycles. The highest BCUT2D eigenvalue weighted by Gasteiger charge is 2.28. The Bertz CT molecular complexity index is 556. The summed E-state index contributed by atoms with van der Waals surface area (Å²) in [5.74, 6) is -0.632. The van der Waals surface area contributed by atoms with Gasteiger partial charge in [-0.05, 0) is 42.8 Å². The number of nitrogens with one attached hydrogen (secondary N) is 1. The van der Waals surface area contributed by atoms with Gasteiger partial charge < -0.3 is 14.6 Å². The normalized spacial score (nSPS) is 17.8. The van der Waals surface area contributed by atoms with Gasteiger partial charge in [-0.25, -0.2) is 9.18 Å². The van der Waals surface area contributed by atoms with Crippen molar-refractivity contribution in [3.8, 4) is 0 Å². The van der Waals surface area contributed by atoms with Crippen LogP contribution in [0.15, 0.2) is 10.5 Å². The van der Waals surface area contributed by atoms with E-state index in [1.807, 2.05) is 0 Å². The SMILES string of the molecule is CC(C)(C)OC(=O)Nc1cc2c(c(Br)c1F)COC2O. The predicted molar refractivity (Wildman–Crippen MR) is 73.7 cm³/mol. The molecule has 2 N–H and O–H groups in total. The highest BCUT2D eigenvalue weighted by atomic mass is 79.9. The summed E-state index contributed by atoms with van der Waals surface area (Å²) in [7, 11) is 0. The van der Waals surface area contributed by atoms with Crippen LogP contribution in [0.1, 0.15) is 38.2 Å². The van der Waals surface area contributed by atoms with Crippen molar-refractivity contribution in [1.82, 2.24) is 0 Å². The van der Waals surface area contributed by atoms with Crippen molar-refractivity contribution in [3.05, 3.63) is 27.5 Å². The van der Waals surface area contributed by atoms with Crippen LogP contribution in [0.4, 0.5) is 14.9 Å². The Hall–Kier alpha value is -1.18. The second-order valence-electron chi connectivity index (χ2n) is 5.41. The van der Waals surface area contributed by atoms with Crippen molar-refractivity contribution in [2.75, 3.05) is 5.32 Å². The molecule has 0 saturated heterocycles. The Balaban J connectivity index is 2.27. The number of anilines is 1. The highest BCUT2D eigenvalue weighted by Crippen LogP contribution is 2.38. The van der Waals surface area contributed by atoms with E-state index in [-0.39, 0.29) is 16.8 Å². The standard InChI is InChI=1S/C13H15BrFNO4/c1-13(2,3)20-12(18)16-8-4-6-7(5-19-11(6)17)9(14)10(8)15/h4,11,17H,5H2,1-3H3,(H,16,18). The molecule has 0 fully saturated rings. The monoisotopic (exact) mass is 347 g/mol. The molecule has 1 heterocycles. The van der Waals surface area contributed by atoms with E-state index >= 15 is 0 Å². The van der Waals surface area contributed by atoms with Crippen molar-refractivity contribution in [2.45, 2.75) is 39.3 Å². The van der Waals surface area contributed by atoms with Gasteiger partial charge in [0.15, 0.2) is 12.1 Å². The minimum atomic E-state index is -1.12. The van der Waals surface area contributed by atoms with E-state index in [2.05, 4.69) is 21.2 Å². The lowest BCUT2D eigenvalue weighted by atomic mass is 10.1. The molecule has 1 atom stereocenters. The molecule has 2 rings (SSSR count). The molecular formula is C13H15BrFNO4. The molecule has 1 aromatic rings. The molecule has 1 aromatic carbocycles. The maximum atomic E-state index is 14.1. The quantitative estimate of drug-likeness (QED) is 0.816. The Labute approximate surface area is 124 Å². The van der Waals surface area contributed by atoms with Crippen LogP contribution in [0.3, 0.4) is 0 Å². The first-order valence-corrected chi connectivity index (χ1v) is 6.79. The summed E-state index contributed by atoms with van der Waals surface area (Å²) in [6, 6.07) is 1.34. The fourth-order valence-electron chi connectivity index (χ4n) is 1.81. The minimum absolute atomic E-state index is 0.0746. The molecule has 0 bridgehead atoms. The molecule has 110 valence electrons. The summed E-state index contributed by atoms with van der Waals surface area (Å²) >= 11 is 3.10. The van der Waals surface area contributed by atoms with Crippen LogP contribution in [-0.4, -0.2) is 16.8 Å². The molecular weight excluding hydrogens is 333 g/mol. The number of ether oxygens (including phenoxy) is 2. The highest BCUT2D eigenvalue weighted by molar-refractivity contribution is 9.10. The number of carbonyl (C=O) groups is 1. The number of carbonyl (C=O) groups excluding carboxylic acids is 1. The van der Waals surface area contributed by atoms with Gasteiger partial charge in [-0.1, -0.05) is 0 Å². The van der Waals surface area contributed by atoms with Gasteiger partial charge in [0.2, 0.25) is 0 Å². The van der Waals surface area contributed by atoms with Crippen LogP contribution in [0.2, 0.25) is 0 Å². The number of benzene rings is 1. The number of fused-ring (bicyclic) bond motifs is 1. The molecule has 1 unspecified atom stereocenters. The summed E-state index contributed by atoms with van der Waals surface area (Å²) in [6.45, 7) is 5.23. The Morgan fingerprint density at radius 1 is 1.60 bits per heavy atom. The first-order valence-electron chi connectivity index (χ1n) is 5.99. The zero-order valence-electron chi connectivity index (χ0n) is 11.3. The van der Waals surface area contributed by atoms with E-state index in [9.17, 15) is 14.3 Å². The number of aliphatic hydroxyl groups is 1. The third-order valence-corrected chi connectivity index (χ3v) is 3.46. The van der Waals surface area contributed by atoms with Crippen LogP contribution in [0, 0.1) is 5.82 Å². The summed E-state index contributed by atoms with van der Waals surface area (Å²) in [5, 5.41) is 12.0. The average molecular weight is 348 g/mol. The molecule has 20 heavy (non-hydrogen) atoms. The number of halogens is 2. The molecule has 0 spiro atoms. The van der Waals surface area contributed by atoms with Crippen molar-refractivity contribution < 1.29 is 23.8 Å². The van der Waals surface area contributed by atoms with E-state index < -0.39 is 23.8 Å². The van der Waals surface area contributed by atoms with Crippen LogP contribution in [0.5, 0.6) is 0 Å². The average Bonchev–Trinajstić information content (AvgIpc) is 2.65. The second kappa shape index (κ2) is 5.31. The largest absolute Gasteiger partial charge is 0.444 e. The fourth-order valence-corrected chi connectivity index (χ4v) is 2.36. The van der Waals surface area contributed by atoms with E-state index in [0.717, 1.165) is 0 Å². The number of amides is 1. The van der Waals surface area contributed by atoms with Crippen LogP contribution in [-0.2, 0) is 16.1 Å². The summed E-state index contributed by atoms with van der Waals surface area (Å²) in [5.41, 5.74) is 0.195. The van der Waals surface area contributed by atoms with Gasteiger partial charge in [-0.15, -0.1) is 0 Å². The van der Waals surface area contributed by atoms with Gasteiger partial charge in [0.25, 0.3) is 0 Å². The van der Waals surface area contributed by atoms with Crippen LogP contribution in [0.25, 0.3) is 0 Å². The van der Waals surface area contributed by atoms with E-state index in [1.165, 1.54) is 6.07 Å². The Morgan fingerprint density at radius 2 is 2.25 bits per heavy atom. The molecule has 7 heteroatoms. The maximum absolute atomic E-state index is 14.1. The van der Waals surface area contributed by atoms with Gasteiger partial charge in [-0.2, -0.15) is 0 Å². The molecule has 0 aliphatic carbocycles. The van der Waals surface area contributed by atoms with Crippen LogP contribution >= 0.6 is 15.9 Å². The predicted octanol–water partition coefficient (Wildman–Crippen LogP) is 3.46. The topological polar surface area (TPSA) is 67.8 Å². The van der Waals surface area contributed by atoms with E-state index in [0.29, 0.717) is 11.1 Å². The number of hydrogen-bond donors (Lipinski definition) is 2. The first kappa shape index (κ1) is 15.2. The van der Waals surface area contributed by atoms with Crippen LogP contribution < -0.4 is 5.32 Å². The molecule has 0 saturated carbocycles. The minimum Gasteiger partial charge on any atom is -0.444 e. The lowest BCUT2D eigenvalue weighted by Crippen LogP contribution is -2.27. The van der Waals surface area contributed by atoms with E-state index in [4.69, 9.17) is 9.47 Å². The molecule has 5 nitrogen and oxygen atoms in total. The number of rotatable bonds is 1. The van der Waals surface area contributed by atoms with Crippen molar-refractivity contribution in [1.29, 1.82) is 0 Å². The Kier molecular flexibility index (Phi) is 4.04. The Morgan fingerprint density at radius 3 is 2.85 bits per heavy atom.